The van der Waals surface area contributed by atoms with Crippen LogP contribution in [0.4, 0.5) is 0 Å². The smallest absolute Gasteiger partial charge is 0.197 e. The Morgan fingerprint density at radius 1 is 1.28 bits per heavy atom. The first kappa shape index (κ1) is 17.7. The normalized spacial score (nSPS) is 13.7. The molecular formula is C21H27NO3. The van der Waals surface area contributed by atoms with Gasteiger partial charge in [0.15, 0.2) is 5.89 Å². The van der Waals surface area contributed by atoms with Crippen LogP contribution >= 0.6 is 0 Å². The van der Waals surface area contributed by atoms with Gasteiger partial charge in [0.25, 0.3) is 0 Å². The average Bonchev–Trinajstić information content (AvgIpc) is 2.97. The third kappa shape index (κ3) is 3.96. The van der Waals surface area contributed by atoms with Crippen molar-refractivity contribution < 1.29 is 14.3 Å². The number of benzene rings is 1. The first-order valence-corrected chi connectivity index (χ1v) is 9.11. The minimum absolute atomic E-state index is 0.181. The van der Waals surface area contributed by atoms with Crippen LogP contribution in [0.5, 0.6) is 5.75 Å². The number of aromatic nitrogens is 1. The summed E-state index contributed by atoms with van der Waals surface area (Å²) in [6, 6.07) is 6.19. The maximum absolute atomic E-state index is 9.26. The monoisotopic (exact) mass is 341 g/mol. The Morgan fingerprint density at radius 2 is 2.12 bits per heavy atom. The minimum Gasteiger partial charge on any atom is -0.493 e. The van der Waals surface area contributed by atoms with Crippen LogP contribution in [0.2, 0.25) is 0 Å². The Bertz CT molecular complexity index is 758. The number of aliphatic hydroxyl groups is 1. The van der Waals surface area contributed by atoms with Gasteiger partial charge in [0.1, 0.15) is 11.5 Å². The van der Waals surface area contributed by atoms with E-state index in [1.165, 1.54) is 16.7 Å². The fourth-order valence-electron chi connectivity index (χ4n) is 3.30. The maximum atomic E-state index is 9.26. The number of nitrogens with zero attached hydrogens (tertiary/aromatic N) is 1. The van der Waals surface area contributed by atoms with Gasteiger partial charge >= 0.3 is 0 Å². The van der Waals surface area contributed by atoms with Gasteiger partial charge in [0, 0.05) is 24.5 Å². The van der Waals surface area contributed by atoms with Crippen LogP contribution in [0.3, 0.4) is 0 Å². The number of ether oxygens (including phenoxy) is 1. The molecule has 1 aromatic heterocycles. The lowest BCUT2D eigenvalue weighted by Gasteiger charge is -2.20. The Hall–Kier alpha value is -2.07. The predicted molar refractivity (Wildman–Crippen MR) is 99.0 cm³/mol. The molecule has 0 saturated carbocycles. The summed E-state index contributed by atoms with van der Waals surface area (Å²) in [6.07, 6.45) is 5.66. The van der Waals surface area contributed by atoms with Crippen molar-refractivity contribution in [1.29, 1.82) is 0 Å². The van der Waals surface area contributed by atoms with E-state index in [2.05, 4.69) is 31.0 Å². The Morgan fingerprint density at radius 3 is 2.84 bits per heavy atom. The van der Waals surface area contributed by atoms with E-state index < -0.39 is 0 Å². The number of rotatable bonds is 7. The Balaban J connectivity index is 1.69. The highest BCUT2D eigenvalue weighted by Crippen LogP contribution is 2.34. The second-order valence-electron chi connectivity index (χ2n) is 6.83. The first-order chi connectivity index (χ1) is 12.1. The van der Waals surface area contributed by atoms with Crippen LogP contribution < -0.4 is 4.74 Å². The van der Waals surface area contributed by atoms with Crippen molar-refractivity contribution in [3.63, 3.8) is 0 Å². The largest absolute Gasteiger partial charge is 0.493 e. The number of fused-ring (bicyclic) bond motifs is 1. The van der Waals surface area contributed by atoms with Crippen LogP contribution in [0.1, 0.15) is 61.1 Å². The molecule has 1 aliphatic rings. The third-order valence-electron chi connectivity index (χ3n) is 4.64. The van der Waals surface area contributed by atoms with E-state index >= 15 is 0 Å². The second-order valence-corrected chi connectivity index (χ2v) is 6.83. The van der Waals surface area contributed by atoms with E-state index in [-0.39, 0.29) is 6.61 Å². The maximum Gasteiger partial charge on any atom is 0.197 e. The summed E-state index contributed by atoms with van der Waals surface area (Å²) < 4.78 is 11.8. The van der Waals surface area contributed by atoms with Gasteiger partial charge < -0.3 is 14.3 Å². The number of hydrogen-bond donors (Lipinski definition) is 1. The standard InChI is InChI=1S/C21H27NO3/c1-14(2)21-22-19(15(3)25-21)11-13-24-20-9-5-7-17-16(10-12-23)6-4-8-18(17)20/h5-7,9,14,23H,4,8,10-13H2,1-3H3. The summed E-state index contributed by atoms with van der Waals surface area (Å²) in [5, 5.41) is 9.26. The van der Waals surface area contributed by atoms with Gasteiger partial charge in [-0.1, -0.05) is 32.1 Å². The highest BCUT2D eigenvalue weighted by atomic mass is 16.5. The number of aliphatic hydroxyl groups excluding tert-OH is 1. The zero-order chi connectivity index (χ0) is 17.8. The minimum atomic E-state index is 0.181. The van der Waals surface area contributed by atoms with Crippen molar-refractivity contribution in [3.05, 3.63) is 52.7 Å². The van der Waals surface area contributed by atoms with E-state index in [9.17, 15) is 5.11 Å². The lowest BCUT2D eigenvalue weighted by Crippen LogP contribution is -2.08. The molecule has 0 radical (unpaired) electrons. The van der Waals surface area contributed by atoms with Crippen LogP contribution in [0.25, 0.3) is 5.57 Å². The van der Waals surface area contributed by atoms with E-state index in [4.69, 9.17) is 9.15 Å². The molecule has 0 bridgehead atoms. The van der Waals surface area contributed by atoms with Crippen molar-refractivity contribution in [1.82, 2.24) is 4.98 Å². The quantitative estimate of drug-likeness (QED) is 0.809. The summed E-state index contributed by atoms with van der Waals surface area (Å²) in [7, 11) is 0. The lowest BCUT2D eigenvalue weighted by molar-refractivity contribution is 0.304. The Labute approximate surface area is 149 Å². The third-order valence-corrected chi connectivity index (χ3v) is 4.64. The van der Waals surface area contributed by atoms with Crippen LogP contribution in [-0.4, -0.2) is 23.3 Å². The van der Waals surface area contributed by atoms with Crippen molar-refractivity contribution in [2.75, 3.05) is 13.2 Å². The summed E-state index contributed by atoms with van der Waals surface area (Å²) >= 11 is 0. The molecule has 25 heavy (non-hydrogen) atoms. The molecule has 0 amide bonds. The molecule has 1 heterocycles. The Kier molecular flexibility index (Phi) is 5.59. The van der Waals surface area contributed by atoms with Gasteiger partial charge in [0.05, 0.1) is 12.3 Å². The van der Waals surface area contributed by atoms with Gasteiger partial charge in [-0.3, -0.25) is 0 Å². The fourth-order valence-corrected chi connectivity index (χ4v) is 3.30. The predicted octanol–water partition coefficient (Wildman–Crippen LogP) is 4.44. The summed E-state index contributed by atoms with van der Waals surface area (Å²) in [4.78, 5) is 4.58. The highest BCUT2D eigenvalue weighted by molar-refractivity contribution is 5.72. The molecule has 0 spiro atoms. The summed E-state index contributed by atoms with van der Waals surface area (Å²) in [5.41, 5.74) is 4.68. The van der Waals surface area contributed by atoms with Crippen molar-refractivity contribution in [3.8, 4) is 5.75 Å². The van der Waals surface area contributed by atoms with Crippen molar-refractivity contribution >= 4 is 5.57 Å². The summed E-state index contributed by atoms with van der Waals surface area (Å²) in [5.74, 6) is 2.93. The molecule has 1 aromatic carbocycles. The number of allylic oxidation sites excluding steroid dienone is 1. The molecule has 0 aliphatic heterocycles. The molecule has 0 fully saturated rings. The molecule has 0 unspecified atom stereocenters. The zero-order valence-electron chi connectivity index (χ0n) is 15.3. The van der Waals surface area contributed by atoms with Crippen LogP contribution in [0.15, 0.2) is 28.7 Å². The number of hydrogen-bond acceptors (Lipinski definition) is 4. The molecule has 2 aromatic rings. The molecule has 3 rings (SSSR count). The zero-order valence-corrected chi connectivity index (χ0v) is 15.3. The number of aryl methyl sites for hydroxylation is 1. The molecule has 1 N–H and O–H groups in total. The molecule has 134 valence electrons. The van der Waals surface area contributed by atoms with Gasteiger partial charge in [0.2, 0.25) is 0 Å². The van der Waals surface area contributed by atoms with Crippen molar-refractivity contribution in [2.24, 2.45) is 0 Å². The summed E-state index contributed by atoms with van der Waals surface area (Å²) in [6.45, 7) is 6.89. The highest BCUT2D eigenvalue weighted by Gasteiger charge is 2.17. The fraction of sp³-hybridized carbons (Fsp3) is 0.476. The van der Waals surface area contributed by atoms with E-state index in [0.29, 0.717) is 18.9 Å². The van der Waals surface area contributed by atoms with Gasteiger partial charge in [-0.05, 0) is 43.4 Å². The molecule has 4 nitrogen and oxygen atoms in total. The molecule has 4 heteroatoms. The second kappa shape index (κ2) is 7.87. The average molecular weight is 341 g/mol. The molecule has 0 saturated heterocycles. The molecular weight excluding hydrogens is 314 g/mol. The topological polar surface area (TPSA) is 55.5 Å². The van der Waals surface area contributed by atoms with Crippen molar-refractivity contribution in [2.45, 2.75) is 52.4 Å². The molecule has 1 aliphatic carbocycles. The molecule has 0 atom stereocenters. The SMILES string of the molecule is Cc1oc(C(C)C)nc1CCOc1cccc2c1CCC=C2CCO. The van der Waals surface area contributed by atoms with Gasteiger partial charge in [-0.25, -0.2) is 4.98 Å². The van der Waals surface area contributed by atoms with E-state index in [1.54, 1.807) is 0 Å². The van der Waals surface area contributed by atoms with E-state index in [0.717, 1.165) is 42.4 Å². The van der Waals surface area contributed by atoms with Crippen LogP contribution in [0, 0.1) is 6.92 Å². The van der Waals surface area contributed by atoms with Crippen LogP contribution in [-0.2, 0) is 12.8 Å². The van der Waals surface area contributed by atoms with Gasteiger partial charge in [-0.15, -0.1) is 0 Å². The number of oxazole rings is 1. The first-order valence-electron chi connectivity index (χ1n) is 9.11. The van der Waals surface area contributed by atoms with Gasteiger partial charge in [-0.2, -0.15) is 0 Å². The van der Waals surface area contributed by atoms with E-state index in [1.807, 2.05) is 19.1 Å². The lowest BCUT2D eigenvalue weighted by atomic mass is 9.89.